The number of nitrogens with one attached hydrogen (secondary N) is 1. The molecule has 0 spiro atoms. The molecule has 2 rings (SSSR count). The predicted octanol–water partition coefficient (Wildman–Crippen LogP) is 3.48. The Bertz CT molecular complexity index is 575. The molecule has 0 saturated carbocycles. The third-order valence-corrected chi connectivity index (χ3v) is 4.05. The minimum atomic E-state index is 0.112. The lowest BCUT2D eigenvalue weighted by Gasteiger charge is -2.33. The van der Waals surface area contributed by atoms with Gasteiger partial charge in [0.1, 0.15) is 0 Å². The van der Waals surface area contributed by atoms with Crippen LogP contribution >= 0.6 is 0 Å². The summed E-state index contributed by atoms with van der Waals surface area (Å²) in [5.41, 5.74) is 6.37. The molecular weight excluding hydrogens is 234 g/mol. The molecule has 19 heavy (non-hydrogen) atoms. The lowest BCUT2D eigenvalue weighted by atomic mass is 9.78. The first-order valence-electron chi connectivity index (χ1n) is 6.81. The zero-order chi connectivity index (χ0) is 14.0. The molecule has 1 heterocycles. The summed E-state index contributed by atoms with van der Waals surface area (Å²) in [6.07, 6.45) is 1.06. The lowest BCUT2D eigenvalue weighted by Crippen LogP contribution is -2.38. The molecule has 102 valence electrons. The normalized spacial score (nSPS) is 13.7. The highest BCUT2D eigenvalue weighted by molar-refractivity contribution is 5.79. The van der Waals surface area contributed by atoms with Crippen LogP contribution in [0.3, 0.4) is 0 Å². The summed E-state index contributed by atoms with van der Waals surface area (Å²) in [6, 6.07) is 10.7. The smallest absolute Gasteiger partial charge is 0.0705 e. The van der Waals surface area contributed by atoms with Crippen LogP contribution in [0.4, 0.5) is 0 Å². The van der Waals surface area contributed by atoms with Crippen molar-refractivity contribution in [3.63, 3.8) is 0 Å². The van der Waals surface area contributed by atoms with Gasteiger partial charge in [-0.15, -0.1) is 0 Å². The Balaban J connectivity index is 2.47. The third-order valence-electron chi connectivity index (χ3n) is 4.05. The number of nitrogens with two attached hydrogens (primary N) is 1. The van der Waals surface area contributed by atoms with E-state index in [4.69, 9.17) is 5.84 Å². The van der Waals surface area contributed by atoms with E-state index in [1.807, 2.05) is 13.0 Å². The number of benzene rings is 1. The first-order chi connectivity index (χ1) is 8.97. The van der Waals surface area contributed by atoms with Crippen molar-refractivity contribution in [2.75, 3.05) is 0 Å². The van der Waals surface area contributed by atoms with Gasteiger partial charge in [0.05, 0.1) is 11.6 Å². The maximum absolute atomic E-state index is 5.77. The van der Waals surface area contributed by atoms with E-state index in [0.29, 0.717) is 0 Å². The molecular formula is C16H23N3. The molecule has 0 fully saturated rings. The predicted molar refractivity (Wildman–Crippen MR) is 80.6 cm³/mol. The van der Waals surface area contributed by atoms with Gasteiger partial charge in [-0.05, 0) is 42.5 Å². The van der Waals surface area contributed by atoms with E-state index < -0.39 is 0 Å². The van der Waals surface area contributed by atoms with Crippen molar-refractivity contribution in [2.24, 2.45) is 11.3 Å². The molecule has 1 unspecified atom stereocenters. The van der Waals surface area contributed by atoms with Crippen molar-refractivity contribution in [2.45, 2.75) is 40.2 Å². The Morgan fingerprint density at radius 3 is 2.63 bits per heavy atom. The molecule has 0 saturated heterocycles. The number of fused-ring (bicyclic) bond motifs is 1. The van der Waals surface area contributed by atoms with Gasteiger partial charge in [0, 0.05) is 11.1 Å². The molecule has 1 aromatic heterocycles. The molecule has 0 aliphatic carbocycles. The van der Waals surface area contributed by atoms with E-state index in [2.05, 4.69) is 55.4 Å². The third kappa shape index (κ3) is 2.77. The molecule has 3 heteroatoms. The Morgan fingerprint density at radius 1 is 1.26 bits per heavy atom. The second-order valence-corrected chi connectivity index (χ2v) is 5.85. The van der Waals surface area contributed by atoms with E-state index in [1.165, 1.54) is 5.56 Å². The van der Waals surface area contributed by atoms with Crippen LogP contribution in [-0.2, 0) is 0 Å². The molecule has 3 N–H and O–H groups in total. The van der Waals surface area contributed by atoms with Crippen LogP contribution in [0.15, 0.2) is 30.3 Å². The van der Waals surface area contributed by atoms with Crippen LogP contribution in [0, 0.1) is 12.3 Å². The molecule has 3 nitrogen and oxygen atoms in total. The Hall–Kier alpha value is -1.45. The van der Waals surface area contributed by atoms with Crippen LogP contribution in [0.1, 0.15) is 44.5 Å². The van der Waals surface area contributed by atoms with E-state index in [-0.39, 0.29) is 11.5 Å². The SMILES string of the molecule is CCC(C)(C)C(NN)c1ccc2nc(C)ccc2c1. The van der Waals surface area contributed by atoms with Gasteiger partial charge in [0.15, 0.2) is 0 Å². The van der Waals surface area contributed by atoms with Gasteiger partial charge in [0.25, 0.3) is 0 Å². The molecule has 2 aromatic rings. The van der Waals surface area contributed by atoms with Crippen LogP contribution < -0.4 is 11.3 Å². The molecule has 0 radical (unpaired) electrons. The highest BCUT2D eigenvalue weighted by atomic mass is 15.2. The minimum absolute atomic E-state index is 0.112. The zero-order valence-electron chi connectivity index (χ0n) is 12.2. The minimum Gasteiger partial charge on any atom is -0.271 e. The largest absolute Gasteiger partial charge is 0.271 e. The topological polar surface area (TPSA) is 50.9 Å². The summed E-state index contributed by atoms with van der Waals surface area (Å²) in [4.78, 5) is 4.53. The van der Waals surface area contributed by atoms with Crippen LogP contribution in [0.2, 0.25) is 0 Å². The average Bonchev–Trinajstić information content (AvgIpc) is 2.39. The molecule has 1 aromatic carbocycles. The molecule has 0 amide bonds. The van der Waals surface area contributed by atoms with E-state index in [0.717, 1.165) is 23.0 Å². The van der Waals surface area contributed by atoms with Crippen molar-refractivity contribution in [1.82, 2.24) is 10.4 Å². The first kappa shape index (κ1) is 14.0. The van der Waals surface area contributed by atoms with Gasteiger partial charge in [-0.25, -0.2) is 0 Å². The average molecular weight is 257 g/mol. The van der Waals surface area contributed by atoms with Crippen molar-refractivity contribution < 1.29 is 0 Å². The fourth-order valence-corrected chi connectivity index (χ4v) is 2.40. The van der Waals surface area contributed by atoms with Gasteiger partial charge in [-0.2, -0.15) is 0 Å². The molecule has 0 aliphatic heterocycles. The summed E-state index contributed by atoms with van der Waals surface area (Å²) in [7, 11) is 0. The maximum Gasteiger partial charge on any atom is 0.0705 e. The van der Waals surface area contributed by atoms with Crippen molar-refractivity contribution in [1.29, 1.82) is 0 Å². The quantitative estimate of drug-likeness (QED) is 0.651. The number of nitrogens with zero attached hydrogens (tertiary/aromatic N) is 1. The Labute approximate surface area is 115 Å². The lowest BCUT2D eigenvalue weighted by molar-refractivity contribution is 0.236. The number of hydrogen-bond acceptors (Lipinski definition) is 3. The van der Waals surface area contributed by atoms with E-state index >= 15 is 0 Å². The van der Waals surface area contributed by atoms with Gasteiger partial charge in [-0.1, -0.05) is 32.9 Å². The maximum atomic E-state index is 5.77. The molecule has 1 atom stereocenters. The monoisotopic (exact) mass is 257 g/mol. The van der Waals surface area contributed by atoms with Crippen LogP contribution in [0.25, 0.3) is 10.9 Å². The summed E-state index contributed by atoms with van der Waals surface area (Å²) in [5.74, 6) is 5.77. The van der Waals surface area contributed by atoms with Crippen molar-refractivity contribution in [3.8, 4) is 0 Å². The van der Waals surface area contributed by atoms with Gasteiger partial charge in [-0.3, -0.25) is 16.3 Å². The van der Waals surface area contributed by atoms with Crippen LogP contribution in [0.5, 0.6) is 0 Å². The second kappa shape index (κ2) is 5.27. The first-order valence-corrected chi connectivity index (χ1v) is 6.81. The fraction of sp³-hybridized carbons (Fsp3) is 0.438. The van der Waals surface area contributed by atoms with E-state index in [1.54, 1.807) is 0 Å². The summed E-state index contributed by atoms with van der Waals surface area (Å²) in [5, 5.41) is 1.16. The highest BCUT2D eigenvalue weighted by Crippen LogP contribution is 2.36. The van der Waals surface area contributed by atoms with Gasteiger partial charge in [0.2, 0.25) is 0 Å². The fourth-order valence-electron chi connectivity index (χ4n) is 2.40. The Kier molecular flexibility index (Phi) is 3.88. The molecule has 0 bridgehead atoms. The van der Waals surface area contributed by atoms with E-state index in [9.17, 15) is 0 Å². The number of pyridine rings is 1. The highest BCUT2D eigenvalue weighted by Gasteiger charge is 2.28. The van der Waals surface area contributed by atoms with Gasteiger partial charge < -0.3 is 0 Å². The summed E-state index contributed by atoms with van der Waals surface area (Å²) < 4.78 is 0. The summed E-state index contributed by atoms with van der Waals surface area (Å²) >= 11 is 0. The molecule has 0 aliphatic rings. The number of hydrazine groups is 1. The zero-order valence-corrected chi connectivity index (χ0v) is 12.2. The Morgan fingerprint density at radius 2 is 2.00 bits per heavy atom. The second-order valence-electron chi connectivity index (χ2n) is 5.85. The standard InChI is InChI=1S/C16H23N3/c1-5-16(3,4)15(19-17)13-8-9-14-12(10-13)7-6-11(2)18-14/h6-10,15,19H,5,17H2,1-4H3. The van der Waals surface area contributed by atoms with Crippen molar-refractivity contribution >= 4 is 10.9 Å². The summed E-state index contributed by atoms with van der Waals surface area (Å²) in [6.45, 7) is 8.67. The van der Waals surface area contributed by atoms with Gasteiger partial charge >= 0.3 is 0 Å². The number of rotatable bonds is 4. The number of aromatic nitrogens is 1. The number of aryl methyl sites for hydroxylation is 1. The van der Waals surface area contributed by atoms with Crippen molar-refractivity contribution in [3.05, 3.63) is 41.6 Å². The number of hydrogen-bond donors (Lipinski definition) is 2. The van der Waals surface area contributed by atoms with Crippen LogP contribution in [-0.4, -0.2) is 4.98 Å².